The van der Waals surface area contributed by atoms with Crippen molar-refractivity contribution in [2.75, 3.05) is 0 Å². The Kier molecular flexibility index (Phi) is 0.988. The smallest absolute Gasteiger partial charge is 0.138 e. The summed E-state index contributed by atoms with van der Waals surface area (Å²) in [4.78, 5) is 3.95. The third-order valence-electron chi connectivity index (χ3n) is 1.70. The molecular weight excluding hydrogens is 126 g/mol. The summed E-state index contributed by atoms with van der Waals surface area (Å²) >= 11 is 0. The van der Waals surface area contributed by atoms with Gasteiger partial charge in [-0.15, -0.1) is 0 Å². The van der Waals surface area contributed by atoms with Gasteiger partial charge in [0.1, 0.15) is 12.2 Å². The van der Waals surface area contributed by atoms with Gasteiger partial charge in [-0.25, -0.2) is 4.98 Å². The number of hydrogen-bond acceptors (Lipinski definition) is 2. The molecule has 1 aliphatic heterocycles. The van der Waals surface area contributed by atoms with E-state index in [1.54, 1.807) is 4.68 Å². The van der Waals surface area contributed by atoms with Crippen molar-refractivity contribution >= 4 is 0 Å². The second kappa shape index (κ2) is 2.40. The fourth-order valence-electron chi connectivity index (χ4n) is 1.15. The quantitative estimate of drug-likeness (QED) is 0.537. The van der Waals surface area contributed by atoms with Gasteiger partial charge in [-0.2, -0.15) is 5.10 Å². The van der Waals surface area contributed by atoms with Gasteiger partial charge in [0.15, 0.2) is 0 Å². The molecule has 1 aromatic rings. The van der Waals surface area contributed by atoms with Crippen molar-refractivity contribution in [2.45, 2.75) is 32.2 Å². The predicted octanol–water partition coefficient (Wildman–Crippen LogP) is 1.00. The molecule has 1 aliphatic rings. The average Bonchev–Trinajstić information content (AvgIpc) is 2.42. The van der Waals surface area contributed by atoms with Crippen LogP contribution in [0.15, 0.2) is 6.33 Å². The van der Waals surface area contributed by atoms with Gasteiger partial charge in [-0.3, -0.25) is 4.68 Å². The van der Waals surface area contributed by atoms with E-state index in [1.807, 2.05) is 0 Å². The molecule has 3 heteroatoms. The van der Waals surface area contributed by atoms with Gasteiger partial charge >= 0.3 is 0 Å². The van der Waals surface area contributed by atoms with Crippen LogP contribution < -0.4 is 0 Å². The average molecular weight is 139 g/mol. The monoisotopic (exact) mass is 139 g/mol. The Balaban J connectivity index is 2.43. The highest BCUT2D eigenvalue weighted by molar-refractivity contribution is 4.86. The lowest BCUT2D eigenvalue weighted by molar-refractivity contribution is 0.575. The Hall–Kier alpha value is -0.860. The third kappa shape index (κ3) is 0.916. The van der Waals surface area contributed by atoms with Crippen molar-refractivity contribution in [1.29, 1.82) is 0 Å². The van der Waals surface area contributed by atoms with E-state index in [-0.39, 0.29) is 0 Å². The standard InChI is InChI=1S/C7H11N3/c1-2-4-7-8-6-9-10(7)5-3-1/h6H,1-5H2/i4D2. The molecule has 0 radical (unpaired) electrons. The Bertz CT molecular complexity index is 282. The van der Waals surface area contributed by atoms with Crippen molar-refractivity contribution in [2.24, 2.45) is 0 Å². The molecule has 0 saturated heterocycles. The van der Waals surface area contributed by atoms with Gasteiger partial charge in [0.05, 0.1) is 0 Å². The second-order valence-corrected chi connectivity index (χ2v) is 2.44. The molecule has 54 valence electrons. The normalized spacial score (nSPS) is 26.0. The molecule has 0 aromatic carbocycles. The van der Waals surface area contributed by atoms with E-state index in [4.69, 9.17) is 2.74 Å². The molecule has 0 N–H and O–H groups in total. The zero-order chi connectivity index (χ0) is 8.60. The summed E-state index contributed by atoms with van der Waals surface area (Å²) in [5, 5.41) is 3.98. The van der Waals surface area contributed by atoms with Crippen LogP contribution in [0.1, 0.15) is 27.8 Å². The maximum atomic E-state index is 7.71. The van der Waals surface area contributed by atoms with E-state index >= 15 is 0 Å². The SMILES string of the molecule is [2H]C1([2H])CCCCn2ncnc21. The van der Waals surface area contributed by atoms with E-state index in [9.17, 15) is 0 Å². The fourth-order valence-corrected chi connectivity index (χ4v) is 1.15. The zero-order valence-corrected chi connectivity index (χ0v) is 5.75. The Labute approximate surface area is 62.9 Å². The van der Waals surface area contributed by atoms with Gasteiger partial charge < -0.3 is 0 Å². The van der Waals surface area contributed by atoms with Crippen molar-refractivity contribution in [3.05, 3.63) is 12.2 Å². The van der Waals surface area contributed by atoms with Crippen LogP contribution in [0.5, 0.6) is 0 Å². The Morgan fingerprint density at radius 3 is 3.50 bits per heavy atom. The van der Waals surface area contributed by atoms with E-state index in [2.05, 4.69) is 10.1 Å². The summed E-state index contributed by atoms with van der Waals surface area (Å²) in [6.07, 6.45) is 2.62. The molecule has 0 saturated carbocycles. The second-order valence-electron chi connectivity index (χ2n) is 2.44. The van der Waals surface area contributed by atoms with E-state index < -0.39 is 6.37 Å². The summed E-state index contributed by atoms with van der Waals surface area (Å²) in [5.41, 5.74) is 0. The van der Waals surface area contributed by atoms with Crippen molar-refractivity contribution in [1.82, 2.24) is 14.8 Å². The van der Waals surface area contributed by atoms with Gasteiger partial charge in [0.2, 0.25) is 0 Å². The number of aromatic nitrogens is 3. The molecular formula is C7H11N3. The maximum Gasteiger partial charge on any atom is 0.138 e. The molecule has 0 bridgehead atoms. The summed E-state index contributed by atoms with van der Waals surface area (Å²) in [5.74, 6) is 0.486. The first-order valence-corrected chi connectivity index (χ1v) is 3.58. The lowest BCUT2D eigenvalue weighted by atomic mass is 10.2. The van der Waals surface area contributed by atoms with Crippen molar-refractivity contribution < 1.29 is 2.74 Å². The number of fused-ring (bicyclic) bond motifs is 1. The lowest BCUT2D eigenvalue weighted by Gasteiger charge is -1.96. The van der Waals surface area contributed by atoms with Crippen LogP contribution in [0, 0.1) is 0 Å². The van der Waals surface area contributed by atoms with Crippen LogP contribution in [-0.2, 0) is 12.9 Å². The van der Waals surface area contributed by atoms with Crippen LogP contribution in [0.2, 0.25) is 0 Å². The van der Waals surface area contributed by atoms with Gasteiger partial charge in [0.25, 0.3) is 0 Å². The highest BCUT2D eigenvalue weighted by Gasteiger charge is 2.06. The van der Waals surface area contributed by atoms with Gasteiger partial charge in [-0.05, 0) is 12.8 Å². The third-order valence-corrected chi connectivity index (χ3v) is 1.70. The van der Waals surface area contributed by atoms with Crippen LogP contribution in [0.3, 0.4) is 0 Å². The van der Waals surface area contributed by atoms with Crippen LogP contribution in [0.25, 0.3) is 0 Å². The molecule has 0 atom stereocenters. The zero-order valence-electron chi connectivity index (χ0n) is 7.75. The minimum absolute atomic E-state index is 0.486. The van der Waals surface area contributed by atoms with Crippen LogP contribution in [0.4, 0.5) is 0 Å². The first-order chi connectivity index (χ1) is 5.70. The molecule has 2 rings (SSSR count). The number of rotatable bonds is 0. The summed E-state index contributed by atoms with van der Waals surface area (Å²) in [6, 6.07) is 0. The van der Waals surface area contributed by atoms with Gasteiger partial charge in [0, 0.05) is 15.7 Å². The Morgan fingerprint density at radius 2 is 2.50 bits per heavy atom. The maximum absolute atomic E-state index is 7.71. The predicted molar refractivity (Wildman–Crippen MR) is 37.6 cm³/mol. The van der Waals surface area contributed by atoms with Crippen LogP contribution in [-0.4, -0.2) is 14.8 Å². The summed E-state index contributed by atoms with van der Waals surface area (Å²) < 4.78 is 17.1. The Morgan fingerprint density at radius 1 is 1.50 bits per heavy atom. The van der Waals surface area contributed by atoms with E-state index in [0.717, 1.165) is 19.4 Å². The van der Waals surface area contributed by atoms with Gasteiger partial charge in [-0.1, -0.05) is 6.42 Å². The lowest BCUT2D eigenvalue weighted by Crippen LogP contribution is -2.01. The van der Waals surface area contributed by atoms with E-state index in [0.29, 0.717) is 12.2 Å². The number of nitrogens with zero attached hydrogens (tertiary/aromatic N) is 3. The van der Waals surface area contributed by atoms with E-state index in [1.165, 1.54) is 6.33 Å². The first-order valence-electron chi connectivity index (χ1n) is 4.58. The largest absolute Gasteiger partial charge is 0.250 e. The van der Waals surface area contributed by atoms with Crippen molar-refractivity contribution in [3.8, 4) is 0 Å². The fraction of sp³-hybridized carbons (Fsp3) is 0.714. The highest BCUT2D eigenvalue weighted by atomic mass is 15.3. The molecule has 0 amide bonds. The highest BCUT2D eigenvalue weighted by Crippen LogP contribution is 2.09. The summed E-state index contributed by atoms with van der Waals surface area (Å²) in [6.45, 7) is 0.800. The van der Waals surface area contributed by atoms with Crippen molar-refractivity contribution in [3.63, 3.8) is 0 Å². The first kappa shape index (κ1) is 4.11. The summed E-state index contributed by atoms with van der Waals surface area (Å²) in [7, 11) is 0. The number of hydrogen-bond donors (Lipinski definition) is 0. The minimum atomic E-state index is -1.28. The molecule has 0 unspecified atom stereocenters. The molecule has 3 nitrogen and oxygen atoms in total. The minimum Gasteiger partial charge on any atom is -0.250 e. The number of aryl methyl sites for hydroxylation is 2. The molecule has 2 heterocycles. The van der Waals surface area contributed by atoms with Crippen LogP contribution >= 0.6 is 0 Å². The molecule has 1 aromatic heterocycles. The molecule has 10 heavy (non-hydrogen) atoms. The molecule has 0 fully saturated rings. The molecule has 0 aliphatic carbocycles. The topological polar surface area (TPSA) is 30.7 Å². The molecule has 0 spiro atoms.